The van der Waals surface area contributed by atoms with E-state index in [4.69, 9.17) is 19.4 Å². The van der Waals surface area contributed by atoms with E-state index >= 15 is 0 Å². The SMILES string of the molecule is c1ccc(-c2cc(-c3ccc(-c4cccc5c4sc4ccccc45)cc3)nc(-c3cccc(-c4ccc5nc(-c6cccc7ccccc67)c6oc7ccccc7c6c5c4)c3)n2)cc1. The van der Waals surface area contributed by atoms with E-state index in [1.807, 2.05) is 29.5 Å². The second-order valence-corrected chi connectivity index (χ2v) is 17.3. The van der Waals surface area contributed by atoms with Crippen molar-refractivity contribution in [2.75, 3.05) is 0 Å². The molecule has 13 rings (SSSR count). The monoisotopic (exact) mass is 833 g/mol. The Balaban J connectivity index is 0.920. The van der Waals surface area contributed by atoms with Gasteiger partial charge < -0.3 is 4.42 Å². The first kappa shape index (κ1) is 36.4. The van der Waals surface area contributed by atoms with Gasteiger partial charge in [-0.15, -0.1) is 11.3 Å². The minimum Gasteiger partial charge on any atom is -0.454 e. The largest absolute Gasteiger partial charge is 0.454 e. The summed E-state index contributed by atoms with van der Waals surface area (Å²) in [6.07, 6.45) is 0. The molecule has 5 heteroatoms. The molecule has 0 unspecified atom stereocenters. The quantitative estimate of drug-likeness (QED) is 0.167. The molecule has 13 aromatic rings. The van der Waals surface area contributed by atoms with Crippen molar-refractivity contribution < 1.29 is 4.42 Å². The van der Waals surface area contributed by atoms with Crippen LogP contribution >= 0.6 is 11.3 Å². The van der Waals surface area contributed by atoms with Crippen molar-refractivity contribution in [3.05, 3.63) is 212 Å². The molecule has 0 bridgehead atoms. The molecule has 9 aromatic carbocycles. The number of hydrogen-bond acceptors (Lipinski definition) is 5. The third-order valence-corrected chi connectivity index (χ3v) is 13.7. The van der Waals surface area contributed by atoms with Crippen LogP contribution in [0.25, 0.3) is 131 Å². The fraction of sp³-hybridized carbons (Fsp3) is 0. The maximum Gasteiger partial charge on any atom is 0.162 e. The molecule has 0 fully saturated rings. The van der Waals surface area contributed by atoms with Crippen LogP contribution in [0, 0.1) is 0 Å². The van der Waals surface area contributed by atoms with Gasteiger partial charge in [-0.2, -0.15) is 0 Å². The normalized spacial score (nSPS) is 11.8. The Kier molecular flexibility index (Phi) is 8.36. The van der Waals surface area contributed by atoms with Gasteiger partial charge in [-0.3, -0.25) is 0 Å². The molecule has 0 radical (unpaired) electrons. The van der Waals surface area contributed by atoms with Gasteiger partial charge in [-0.1, -0.05) is 176 Å². The van der Waals surface area contributed by atoms with E-state index in [9.17, 15) is 0 Å². The van der Waals surface area contributed by atoms with E-state index in [2.05, 4.69) is 194 Å². The standard InChI is InChI=1S/C59H35N3OS/c1-2-14-38(15-3-1)51-35-52(39-29-27-37(28-30-39)44-22-12-24-47-45-20-7-9-26-54(45)64-58(44)47)62-59(61-51)42-18-10-17-40(33-42)41-31-32-50-49(34-41)55-48-21-6-8-25-53(48)63-57(55)56(60-50)46-23-11-16-36-13-4-5-19-43(36)46/h1-35H. The van der Waals surface area contributed by atoms with E-state index in [1.54, 1.807) is 0 Å². The smallest absolute Gasteiger partial charge is 0.162 e. The summed E-state index contributed by atoms with van der Waals surface area (Å²) in [5.74, 6) is 0.669. The predicted molar refractivity (Wildman–Crippen MR) is 268 cm³/mol. The van der Waals surface area contributed by atoms with Crippen molar-refractivity contribution in [3.8, 4) is 67.4 Å². The van der Waals surface area contributed by atoms with Crippen LogP contribution in [0.1, 0.15) is 0 Å². The van der Waals surface area contributed by atoms with Gasteiger partial charge in [0.2, 0.25) is 0 Å². The van der Waals surface area contributed by atoms with Gasteiger partial charge in [-0.25, -0.2) is 15.0 Å². The van der Waals surface area contributed by atoms with Crippen LogP contribution in [0.2, 0.25) is 0 Å². The minimum atomic E-state index is 0.669. The summed E-state index contributed by atoms with van der Waals surface area (Å²) in [7, 11) is 0. The highest BCUT2D eigenvalue weighted by Crippen LogP contribution is 2.43. The Morgan fingerprint density at radius 3 is 1.86 bits per heavy atom. The lowest BCUT2D eigenvalue weighted by Crippen LogP contribution is -1.96. The highest BCUT2D eigenvalue weighted by molar-refractivity contribution is 7.26. The average molecular weight is 834 g/mol. The summed E-state index contributed by atoms with van der Waals surface area (Å²) in [6, 6.07) is 74.9. The highest BCUT2D eigenvalue weighted by atomic mass is 32.1. The molecule has 0 saturated heterocycles. The fourth-order valence-electron chi connectivity index (χ4n) is 9.39. The average Bonchev–Trinajstić information content (AvgIpc) is 3.96. The number of pyridine rings is 1. The second kappa shape index (κ2) is 14.7. The molecule has 4 aromatic heterocycles. The third kappa shape index (κ3) is 6.01. The molecular weight excluding hydrogens is 799 g/mol. The first-order chi connectivity index (χ1) is 31.7. The molecule has 0 aliphatic carbocycles. The lowest BCUT2D eigenvalue weighted by Gasteiger charge is -2.12. The minimum absolute atomic E-state index is 0.669. The number of nitrogens with zero attached hydrogens (tertiary/aromatic N) is 3. The van der Waals surface area contributed by atoms with Crippen LogP contribution in [0.3, 0.4) is 0 Å². The van der Waals surface area contributed by atoms with Crippen molar-refractivity contribution in [1.29, 1.82) is 0 Å². The van der Waals surface area contributed by atoms with Gasteiger partial charge >= 0.3 is 0 Å². The van der Waals surface area contributed by atoms with Gasteiger partial charge in [0.05, 0.1) is 16.9 Å². The van der Waals surface area contributed by atoms with Gasteiger partial charge in [0.15, 0.2) is 11.4 Å². The summed E-state index contributed by atoms with van der Waals surface area (Å²) < 4.78 is 9.31. The number of hydrogen-bond donors (Lipinski definition) is 0. The highest BCUT2D eigenvalue weighted by Gasteiger charge is 2.20. The van der Waals surface area contributed by atoms with Crippen molar-refractivity contribution in [2.24, 2.45) is 0 Å². The van der Waals surface area contributed by atoms with Crippen molar-refractivity contribution in [2.45, 2.75) is 0 Å². The third-order valence-electron chi connectivity index (χ3n) is 12.5. The van der Waals surface area contributed by atoms with E-state index in [1.165, 1.54) is 36.7 Å². The molecule has 4 heterocycles. The molecule has 0 spiro atoms. The topological polar surface area (TPSA) is 51.8 Å². The molecule has 64 heavy (non-hydrogen) atoms. The zero-order valence-electron chi connectivity index (χ0n) is 34.4. The Labute approximate surface area is 372 Å². The Morgan fingerprint density at radius 1 is 0.375 bits per heavy atom. The van der Waals surface area contributed by atoms with E-state index in [0.29, 0.717) is 5.82 Å². The number of benzene rings is 9. The van der Waals surface area contributed by atoms with Crippen molar-refractivity contribution >= 4 is 75.1 Å². The van der Waals surface area contributed by atoms with Gasteiger partial charge in [0, 0.05) is 58.6 Å². The number of thiophene rings is 1. The maximum atomic E-state index is 6.69. The lowest BCUT2D eigenvalue weighted by molar-refractivity contribution is 0.669. The summed E-state index contributed by atoms with van der Waals surface area (Å²) >= 11 is 1.86. The maximum absolute atomic E-state index is 6.69. The Morgan fingerprint density at radius 2 is 0.984 bits per heavy atom. The lowest BCUT2D eigenvalue weighted by atomic mass is 9.96. The second-order valence-electron chi connectivity index (χ2n) is 16.3. The number of para-hydroxylation sites is 1. The molecule has 0 aliphatic rings. The predicted octanol–water partition coefficient (Wildman–Crippen LogP) is 16.4. The van der Waals surface area contributed by atoms with Crippen LogP contribution in [-0.4, -0.2) is 15.0 Å². The van der Waals surface area contributed by atoms with E-state index in [0.717, 1.165) is 88.7 Å². The van der Waals surface area contributed by atoms with E-state index in [-0.39, 0.29) is 0 Å². The molecule has 0 N–H and O–H groups in total. The molecule has 4 nitrogen and oxygen atoms in total. The van der Waals surface area contributed by atoms with Gasteiger partial charge in [-0.05, 0) is 69.4 Å². The van der Waals surface area contributed by atoms with Crippen LogP contribution < -0.4 is 0 Å². The Hall–Kier alpha value is -8.25. The Bertz CT molecular complexity index is 3960. The number of rotatable bonds is 6. The molecular formula is C59H35N3OS. The summed E-state index contributed by atoms with van der Waals surface area (Å²) in [5.41, 5.74) is 13.8. The molecule has 0 aliphatic heterocycles. The fourth-order valence-corrected chi connectivity index (χ4v) is 10.6. The van der Waals surface area contributed by atoms with E-state index < -0.39 is 0 Å². The van der Waals surface area contributed by atoms with Crippen molar-refractivity contribution in [3.63, 3.8) is 0 Å². The van der Waals surface area contributed by atoms with Crippen LogP contribution in [0.15, 0.2) is 217 Å². The summed E-state index contributed by atoms with van der Waals surface area (Å²) in [6.45, 7) is 0. The molecule has 0 atom stereocenters. The summed E-state index contributed by atoms with van der Waals surface area (Å²) in [5, 5.41) is 8.10. The first-order valence-corrected chi connectivity index (χ1v) is 22.3. The van der Waals surface area contributed by atoms with Crippen LogP contribution in [0.5, 0.6) is 0 Å². The molecule has 0 amide bonds. The van der Waals surface area contributed by atoms with Gasteiger partial charge in [0.25, 0.3) is 0 Å². The zero-order valence-corrected chi connectivity index (χ0v) is 35.2. The summed E-state index contributed by atoms with van der Waals surface area (Å²) in [4.78, 5) is 15.8. The molecule has 0 saturated carbocycles. The number of fused-ring (bicyclic) bond motifs is 9. The number of aromatic nitrogens is 3. The molecule has 298 valence electrons. The zero-order chi connectivity index (χ0) is 42.1. The van der Waals surface area contributed by atoms with Gasteiger partial charge in [0.1, 0.15) is 11.3 Å². The number of furan rings is 1. The van der Waals surface area contributed by atoms with Crippen LogP contribution in [0.4, 0.5) is 0 Å². The first-order valence-electron chi connectivity index (χ1n) is 21.5. The van der Waals surface area contributed by atoms with Crippen LogP contribution in [-0.2, 0) is 0 Å². The van der Waals surface area contributed by atoms with Crippen molar-refractivity contribution in [1.82, 2.24) is 15.0 Å².